The van der Waals surface area contributed by atoms with E-state index in [9.17, 15) is 9.59 Å². The van der Waals surface area contributed by atoms with Gasteiger partial charge in [0.15, 0.2) is 0 Å². The van der Waals surface area contributed by atoms with Crippen LogP contribution in [0.5, 0.6) is 5.75 Å². The van der Waals surface area contributed by atoms with Crippen molar-refractivity contribution in [2.45, 2.75) is 46.1 Å². The lowest BCUT2D eigenvalue weighted by Crippen LogP contribution is -2.33. The molecule has 0 saturated carbocycles. The second kappa shape index (κ2) is 10.5. The fraction of sp³-hybridized carbons (Fsp3) is 0.462. The minimum atomic E-state index is -0.208. The van der Waals surface area contributed by atoms with Crippen LogP contribution in [0.3, 0.4) is 0 Å². The van der Waals surface area contributed by atoms with E-state index in [0.717, 1.165) is 23.3 Å². The number of ether oxygens (including phenoxy) is 1. The molecule has 31 heavy (non-hydrogen) atoms. The van der Waals surface area contributed by atoms with Crippen molar-refractivity contribution >= 4 is 11.8 Å². The van der Waals surface area contributed by atoms with Crippen molar-refractivity contribution in [3.05, 3.63) is 65.2 Å². The number of carbonyl (C=O) groups is 2. The summed E-state index contributed by atoms with van der Waals surface area (Å²) in [4.78, 5) is 26.9. The van der Waals surface area contributed by atoms with Crippen LogP contribution in [0.15, 0.2) is 48.5 Å². The summed E-state index contributed by atoms with van der Waals surface area (Å²) in [6, 6.07) is 16.1. The van der Waals surface area contributed by atoms with Crippen LogP contribution in [0.1, 0.15) is 49.8 Å². The maximum absolute atomic E-state index is 12.7. The number of methoxy groups -OCH3 is 1. The van der Waals surface area contributed by atoms with Crippen LogP contribution in [-0.4, -0.2) is 36.9 Å². The highest BCUT2D eigenvalue weighted by Gasteiger charge is 2.30. The smallest absolute Gasteiger partial charge is 0.227 e. The van der Waals surface area contributed by atoms with Gasteiger partial charge in [-0.05, 0) is 48.1 Å². The first-order chi connectivity index (χ1) is 14.9. The molecule has 1 fully saturated rings. The van der Waals surface area contributed by atoms with Gasteiger partial charge in [0.2, 0.25) is 11.8 Å². The van der Waals surface area contributed by atoms with Crippen molar-refractivity contribution in [2.75, 3.05) is 20.2 Å². The summed E-state index contributed by atoms with van der Waals surface area (Å²) in [6.07, 6.45) is 1.53. The average Bonchev–Trinajstić information content (AvgIpc) is 3.11. The molecule has 1 aliphatic heterocycles. The van der Waals surface area contributed by atoms with E-state index >= 15 is 0 Å². The summed E-state index contributed by atoms with van der Waals surface area (Å²) in [5.74, 6) is 1.52. The van der Waals surface area contributed by atoms with Crippen LogP contribution >= 0.6 is 0 Å². The number of hydrogen-bond acceptors (Lipinski definition) is 3. The monoisotopic (exact) mass is 422 g/mol. The number of hydrogen-bond donors (Lipinski definition) is 1. The molecule has 1 N–H and O–H groups in total. The molecule has 166 valence electrons. The van der Waals surface area contributed by atoms with Gasteiger partial charge in [-0.2, -0.15) is 0 Å². The van der Waals surface area contributed by atoms with Crippen LogP contribution in [-0.2, 0) is 22.6 Å². The molecule has 2 amide bonds. The molecule has 0 aromatic heterocycles. The Kier molecular flexibility index (Phi) is 7.72. The van der Waals surface area contributed by atoms with E-state index in [1.54, 1.807) is 7.11 Å². The number of nitrogens with zero attached hydrogens (tertiary/aromatic N) is 1. The van der Waals surface area contributed by atoms with Gasteiger partial charge in [-0.1, -0.05) is 50.2 Å². The fourth-order valence-corrected chi connectivity index (χ4v) is 4.06. The van der Waals surface area contributed by atoms with Crippen LogP contribution in [0.25, 0.3) is 0 Å². The van der Waals surface area contributed by atoms with E-state index in [4.69, 9.17) is 4.74 Å². The summed E-state index contributed by atoms with van der Waals surface area (Å²) < 4.78 is 5.18. The van der Waals surface area contributed by atoms with Crippen molar-refractivity contribution in [2.24, 2.45) is 11.8 Å². The van der Waals surface area contributed by atoms with Gasteiger partial charge in [0.1, 0.15) is 5.75 Å². The third-order valence-corrected chi connectivity index (χ3v) is 5.91. The van der Waals surface area contributed by atoms with E-state index in [1.807, 2.05) is 36.1 Å². The molecule has 2 aromatic rings. The largest absolute Gasteiger partial charge is 0.497 e. The quantitative estimate of drug-likeness (QED) is 0.660. The first kappa shape index (κ1) is 22.9. The Morgan fingerprint density at radius 2 is 1.71 bits per heavy atom. The first-order valence-electron chi connectivity index (χ1n) is 11.1. The molecule has 3 rings (SSSR count). The Bertz CT molecular complexity index is 875. The molecule has 0 spiro atoms. The number of likely N-dealkylation sites (tertiary alicyclic amines) is 1. The van der Waals surface area contributed by atoms with Crippen molar-refractivity contribution in [3.8, 4) is 5.75 Å². The summed E-state index contributed by atoms with van der Waals surface area (Å²) in [7, 11) is 1.64. The number of nitrogens with one attached hydrogen (secondary N) is 1. The van der Waals surface area contributed by atoms with Gasteiger partial charge >= 0.3 is 0 Å². The fourth-order valence-electron chi connectivity index (χ4n) is 4.06. The van der Waals surface area contributed by atoms with Crippen molar-refractivity contribution < 1.29 is 14.3 Å². The third-order valence-electron chi connectivity index (χ3n) is 5.91. The lowest BCUT2D eigenvalue weighted by Gasteiger charge is -2.18. The van der Waals surface area contributed by atoms with Crippen LogP contribution in [0.2, 0.25) is 0 Å². The molecule has 2 unspecified atom stereocenters. The Hall–Kier alpha value is -2.82. The van der Waals surface area contributed by atoms with Gasteiger partial charge < -0.3 is 15.0 Å². The Morgan fingerprint density at radius 3 is 2.32 bits per heavy atom. The summed E-state index contributed by atoms with van der Waals surface area (Å²) >= 11 is 0. The van der Waals surface area contributed by atoms with Gasteiger partial charge in [-0.15, -0.1) is 0 Å². The number of carbonyl (C=O) groups excluding carboxylic acids is 2. The Labute approximate surface area is 185 Å². The standard InChI is InChI=1S/C26H34N2O3/c1-18(2)13-20-5-9-23(10-6-20)19(3)26(30)27-15-22-14-25(29)28(17-22)16-21-7-11-24(31-4)12-8-21/h5-12,18-19,22H,13-17H2,1-4H3,(H,27,30). The zero-order chi connectivity index (χ0) is 22.4. The van der Waals surface area contributed by atoms with Gasteiger partial charge in [-0.3, -0.25) is 9.59 Å². The van der Waals surface area contributed by atoms with E-state index in [0.29, 0.717) is 32.0 Å². The second-order valence-electron chi connectivity index (χ2n) is 9.00. The van der Waals surface area contributed by atoms with E-state index in [-0.39, 0.29) is 23.7 Å². The van der Waals surface area contributed by atoms with Gasteiger partial charge in [0.05, 0.1) is 13.0 Å². The van der Waals surface area contributed by atoms with Crippen molar-refractivity contribution in [3.63, 3.8) is 0 Å². The topological polar surface area (TPSA) is 58.6 Å². The molecular weight excluding hydrogens is 388 g/mol. The summed E-state index contributed by atoms with van der Waals surface area (Å²) in [5.41, 5.74) is 3.40. The van der Waals surface area contributed by atoms with E-state index < -0.39 is 0 Å². The van der Waals surface area contributed by atoms with Crippen LogP contribution in [0.4, 0.5) is 0 Å². The molecule has 1 saturated heterocycles. The molecule has 1 aliphatic rings. The van der Waals surface area contributed by atoms with E-state index in [2.05, 4.69) is 43.4 Å². The van der Waals surface area contributed by atoms with Crippen molar-refractivity contribution in [1.82, 2.24) is 10.2 Å². The lowest BCUT2D eigenvalue weighted by atomic mass is 9.96. The number of benzene rings is 2. The minimum absolute atomic E-state index is 0.0117. The zero-order valence-corrected chi connectivity index (χ0v) is 19.1. The number of amides is 2. The molecule has 0 bridgehead atoms. The Morgan fingerprint density at radius 1 is 1.06 bits per heavy atom. The summed E-state index contributed by atoms with van der Waals surface area (Å²) in [6.45, 7) is 8.13. The third kappa shape index (κ3) is 6.33. The van der Waals surface area contributed by atoms with Crippen molar-refractivity contribution in [1.29, 1.82) is 0 Å². The summed E-state index contributed by atoms with van der Waals surface area (Å²) in [5, 5.41) is 3.06. The normalized spacial score (nSPS) is 17.1. The first-order valence-corrected chi connectivity index (χ1v) is 11.1. The predicted octanol–water partition coefficient (Wildman–Crippen LogP) is 4.16. The minimum Gasteiger partial charge on any atom is -0.497 e. The van der Waals surface area contributed by atoms with E-state index in [1.165, 1.54) is 5.56 Å². The average molecular weight is 423 g/mol. The lowest BCUT2D eigenvalue weighted by molar-refractivity contribution is -0.128. The molecule has 5 heteroatoms. The molecule has 2 atom stereocenters. The van der Waals surface area contributed by atoms with Gasteiger partial charge in [0.25, 0.3) is 0 Å². The van der Waals surface area contributed by atoms with Crippen LogP contribution in [0, 0.1) is 11.8 Å². The molecule has 5 nitrogen and oxygen atoms in total. The molecular formula is C26H34N2O3. The van der Waals surface area contributed by atoms with Gasteiger partial charge in [0, 0.05) is 32.0 Å². The SMILES string of the molecule is COc1ccc(CN2CC(CNC(=O)C(C)c3ccc(CC(C)C)cc3)CC2=O)cc1. The maximum atomic E-state index is 12.7. The van der Waals surface area contributed by atoms with Crippen LogP contribution < -0.4 is 10.1 Å². The zero-order valence-electron chi connectivity index (χ0n) is 19.1. The molecule has 0 radical (unpaired) electrons. The highest BCUT2D eigenvalue weighted by Crippen LogP contribution is 2.22. The molecule has 2 aromatic carbocycles. The molecule has 0 aliphatic carbocycles. The highest BCUT2D eigenvalue weighted by atomic mass is 16.5. The highest BCUT2D eigenvalue weighted by molar-refractivity contribution is 5.83. The predicted molar refractivity (Wildman–Crippen MR) is 123 cm³/mol. The van der Waals surface area contributed by atoms with Gasteiger partial charge in [-0.25, -0.2) is 0 Å². The second-order valence-corrected chi connectivity index (χ2v) is 9.00. The molecule has 1 heterocycles. The maximum Gasteiger partial charge on any atom is 0.227 e. The Balaban J connectivity index is 1.48. The number of rotatable bonds is 9.